The van der Waals surface area contributed by atoms with Crippen molar-refractivity contribution in [3.63, 3.8) is 0 Å². The van der Waals surface area contributed by atoms with Gasteiger partial charge in [-0.2, -0.15) is 0 Å². The van der Waals surface area contributed by atoms with Crippen LogP contribution >= 0.6 is 0 Å². The lowest BCUT2D eigenvalue weighted by Crippen LogP contribution is -2.28. The zero-order valence-corrected chi connectivity index (χ0v) is 9.80. The molecule has 0 aliphatic carbocycles. The number of rotatable bonds is 6. The molecule has 18 heavy (non-hydrogen) atoms. The largest absolute Gasteiger partial charge is 0.383 e. The molecule has 0 aromatic heterocycles. The Kier molecular flexibility index (Phi) is 5.03. The molecule has 0 spiro atoms. The van der Waals surface area contributed by atoms with E-state index < -0.39 is 10.8 Å². The van der Waals surface area contributed by atoms with Gasteiger partial charge in [-0.1, -0.05) is 6.07 Å². The zero-order valence-electron chi connectivity index (χ0n) is 9.80. The van der Waals surface area contributed by atoms with E-state index in [4.69, 9.17) is 10.6 Å². The predicted octanol–water partition coefficient (Wildman–Crippen LogP) is 0.257. The van der Waals surface area contributed by atoms with E-state index in [1.165, 1.54) is 25.3 Å². The fourth-order valence-corrected chi connectivity index (χ4v) is 1.40. The molecule has 1 aromatic carbocycles. The molecule has 1 rings (SSSR count). The monoisotopic (exact) mass is 254 g/mol. The van der Waals surface area contributed by atoms with Gasteiger partial charge in [0.1, 0.15) is 5.69 Å². The fraction of sp³-hybridized carbons (Fsp3) is 0.300. The normalized spacial score (nSPS) is 9.89. The van der Waals surface area contributed by atoms with E-state index in [0.29, 0.717) is 13.2 Å². The number of ether oxygens (including phenoxy) is 1. The molecule has 0 atom stereocenters. The van der Waals surface area contributed by atoms with Crippen molar-refractivity contribution in [1.82, 2.24) is 5.32 Å². The summed E-state index contributed by atoms with van der Waals surface area (Å²) in [5, 5.41) is 13.3. The molecule has 0 radical (unpaired) electrons. The predicted molar refractivity (Wildman–Crippen MR) is 65.1 cm³/mol. The number of methoxy groups -OCH3 is 1. The molecule has 1 aromatic rings. The third-order valence-electron chi connectivity index (χ3n) is 2.22. The minimum atomic E-state index is -0.610. The first kappa shape index (κ1) is 13.9. The number of benzene rings is 1. The van der Waals surface area contributed by atoms with Gasteiger partial charge in [0.05, 0.1) is 17.1 Å². The van der Waals surface area contributed by atoms with Gasteiger partial charge >= 0.3 is 0 Å². The molecule has 0 unspecified atom stereocenters. The van der Waals surface area contributed by atoms with Crippen molar-refractivity contribution in [2.24, 2.45) is 5.84 Å². The number of carbonyl (C=O) groups is 1. The van der Waals surface area contributed by atoms with Crippen molar-refractivity contribution in [3.05, 3.63) is 33.9 Å². The van der Waals surface area contributed by atoms with E-state index in [1.54, 1.807) is 0 Å². The van der Waals surface area contributed by atoms with Crippen LogP contribution in [-0.2, 0) is 4.74 Å². The van der Waals surface area contributed by atoms with Gasteiger partial charge in [-0.15, -0.1) is 0 Å². The quantitative estimate of drug-likeness (QED) is 0.290. The van der Waals surface area contributed by atoms with Gasteiger partial charge in [0, 0.05) is 19.7 Å². The minimum absolute atomic E-state index is 0.0163. The Balaban J connectivity index is 2.97. The van der Waals surface area contributed by atoms with Gasteiger partial charge in [-0.05, 0) is 6.07 Å². The SMILES string of the molecule is COCCNC(=O)c1cccc([N+](=O)[O-])c1NN. The first-order valence-electron chi connectivity index (χ1n) is 5.13. The molecule has 1 amide bonds. The Labute approximate surface area is 103 Å². The number of nitrogens with zero attached hydrogens (tertiary/aromatic N) is 1. The van der Waals surface area contributed by atoms with Gasteiger partial charge in [-0.3, -0.25) is 20.8 Å². The lowest BCUT2D eigenvalue weighted by molar-refractivity contribution is -0.384. The highest BCUT2D eigenvalue weighted by Gasteiger charge is 2.20. The highest BCUT2D eigenvalue weighted by atomic mass is 16.6. The van der Waals surface area contributed by atoms with Crippen molar-refractivity contribution >= 4 is 17.3 Å². The molecule has 0 aliphatic heterocycles. The second-order valence-electron chi connectivity index (χ2n) is 3.35. The summed E-state index contributed by atoms with van der Waals surface area (Å²) in [5.74, 6) is 4.77. The molecule has 0 bridgehead atoms. The van der Waals surface area contributed by atoms with E-state index in [0.717, 1.165) is 0 Å². The third-order valence-corrected chi connectivity index (χ3v) is 2.22. The molecule has 4 N–H and O–H groups in total. The van der Waals surface area contributed by atoms with Crippen molar-refractivity contribution in [2.45, 2.75) is 0 Å². The number of nitrogens with one attached hydrogen (secondary N) is 2. The highest BCUT2D eigenvalue weighted by molar-refractivity contribution is 6.01. The van der Waals surface area contributed by atoms with E-state index >= 15 is 0 Å². The number of hydrazine groups is 1. The highest BCUT2D eigenvalue weighted by Crippen LogP contribution is 2.27. The first-order chi connectivity index (χ1) is 8.61. The first-order valence-corrected chi connectivity index (χ1v) is 5.13. The Morgan fingerprint density at radius 3 is 2.83 bits per heavy atom. The molecule has 0 heterocycles. The number of hydrogen-bond donors (Lipinski definition) is 3. The van der Waals surface area contributed by atoms with Crippen LogP contribution in [0.4, 0.5) is 11.4 Å². The van der Waals surface area contributed by atoms with Crippen LogP contribution in [0, 0.1) is 10.1 Å². The summed E-state index contributed by atoms with van der Waals surface area (Å²) < 4.78 is 4.78. The Morgan fingerprint density at radius 2 is 2.28 bits per heavy atom. The second-order valence-corrected chi connectivity index (χ2v) is 3.35. The summed E-state index contributed by atoms with van der Waals surface area (Å²) in [4.78, 5) is 22.0. The summed E-state index contributed by atoms with van der Waals surface area (Å²) in [7, 11) is 1.51. The topological polar surface area (TPSA) is 120 Å². The zero-order chi connectivity index (χ0) is 13.5. The molecule has 8 heteroatoms. The van der Waals surface area contributed by atoms with Crippen molar-refractivity contribution in [1.29, 1.82) is 0 Å². The van der Waals surface area contributed by atoms with Gasteiger partial charge in [0.15, 0.2) is 0 Å². The number of nitrogen functional groups attached to an aromatic ring is 1. The van der Waals surface area contributed by atoms with E-state index in [9.17, 15) is 14.9 Å². The molecule has 0 aliphatic rings. The number of nitrogens with two attached hydrogens (primary N) is 1. The second kappa shape index (κ2) is 6.52. The van der Waals surface area contributed by atoms with E-state index in [-0.39, 0.29) is 16.9 Å². The molecule has 0 fully saturated rings. The maximum atomic E-state index is 11.8. The number of para-hydroxylation sites is 1. The molecular formula is C10H14N4O4. The van der Waals surface area contributed by atoms with Gasteiger partial charge in [0.25, 0.3) is 11.6 Å². The third kappa shape index (κ3) is 3.15. The van der Waals surface area contributed by atoms with Gasteiger partial charge in [-0.25, -0.2) is 0 Å². The van der Waals surface area contributed by atoms with Crippen LogP contribution in [0.1, 0.15) is 10.4 Å². The van der Waals surface area contributed by atoms with Crippen LogP contribution < -0.4 is 16.6 Å². The van der Waals surface area contributed by atoms with Crippen molar-refractivity contribution in [2.75, 3.05) is 25.7 Å². The number of carbonyl (C=O) groups excluding carboxylic acids is 1. The van der Waals surface area contributed by atoms with Gasteiger partial charge in [0.2, 0.25) is 0 Å². The van der Waals surface area contributed by atoms with Crippen LogP contribution in [0.5, 0.6) is 0 Å². The molecule has 98 valence electrons. The summed E-state index contributed by atoms with van der Waals surface area (Å²) in [5.41, 5.74) is 2.03. The minimum Gasteiger partial charge on any atom is -0.383 e. The van der Waals surface area contributed by atoms with E-state index in [1.807, 2.05) is 0 Å². The van der Waals surface area contributed by atoms with Gasteiger partial charge < -0.3 is 15.5 Å². The summed E-state index contributed by atoms with van der Waals surface area (Å²) >= 11 is 0. The van der Waals surface area contributed by atoms with Crippen LogP contribution in [0.2, 0.25) is 0 Å². The van der Waals surface area contributed by atoms with Crippen molar-refractivity contribution < 1.29 is 14.5 Å². The number of nitro benzene ring substituents is 1. The number of anilines is 1. The maximum Gasteiger partial charge on any atom is 0.294 e. The Hall–Kier alpha value is -2.19. The van der Waals surface area contributed by atoms with E-state index in [2.05, 4.69) is 10.7 Å². The standard InChI is InChI=1S/C10H14N4O4/c1-18-6-5-12-10(15)7-3-2-4-8(14(16)17)9(7)13-11/h2-4,13H,5-6,11H2,1H3,(H,12,15). The Morgan fingerprint density at radius 1 is 1.56 bits per heavy atom. The number of amides is 1. The average Bonchev–Trinajstić information content (AvgIpc) is 2.37. The molecular weight excluding hydrogens is 240 g/mol. The summed E-state index contributed by atoms with van der Waals surface area (Å²) in [6.45, 7) is 0.661. The number of nitro groups is 1. The van der Waals surface area contributed by atoms with Crippen LogP contribution in [-0.4, -0.2) is 31.1 Å². The van der Waals surface area contributed by atoms with Crippen molar-refractivity contribution in [3.8, 4) is 0 Å². The van der Waals surface area contributed by atoms with Crippen LogP contribution in [0.15, 0.2) is 18.2 Å². The Bertz CT molecular complexity index is 450. The molecule has 8 nitrogen and oxygen atoms in total. The lowest BCUT2D eigenvalue weighted by Gasteiger charge is -2.09. The molecule has 0 saturated carbocycles. The smallest absolute Gasteiger partial charge is 0.294 e. The van der Waals surface area contributed by atoms with Crippen LogP contribution in [0.25, 0.3) is 0 Å². The van der Waals surface area contributed by atoms with Crippen LogP contribution in [0.3, 0.4) is 0 Å². The maximum absolute atomic E-state index is 11.8. The summed E-state index contributed by atoms with van der Waals surface area (Å²) in [6, 6.07) is 4.13. The lowest BCUT2D eigenvalue weighted by atomic mass is 10.1. The average molecular weight is 254 g/mol. The fourth-order valence-electron chi connectivity index (χ4n) is 1.40. The number of hydrogen-bond acceptors (Lipinski definition) is 6. The summed E-state index contributed by atoms with van der Waals surface area (Å²) in [6.07, 6.45) is 0. The molecule has 0 saturated heterocycles.